The highest BCUT2D eigenvalue weighted by molar-refractivity contribution is 5.79. The Hall–Kier alpha value is -1.30. The fourth-order valence-corrected chi connectivity index (χ4v) is 0.0941. The van der Waals surface area contributed by atoms with Crippen molar-refractivity contribution in [3.63, 3.8) is 0 Å². The SMILES string of the molecule is N#CC([C]=O)=CN. The summed E-state index contributed by atoms with van der Waals surface area (Å²) in [5, 5.41) is 7.87. The van der Waals surface area contributed by atoms with Gasteiger partial charge >= 0.3 is 0 Å². The molecule has 0 fully saturated rings. The van der Waals surface area contributed by atoms with Crippen molar-refractivity contribution >= 4 is 6.29 Å². The van der Waals surface area contributed by atoms with Crippen LogP contribution in [0.15, 0.2) is 11.8 Å². The molecule has 0 aliphatic rings. The standard InChI is InChI=1S/C4H3N2O/c5-1-4(2-6)3-7/h1H,5H2. The van der Waals surface area contributed by atoms with Crippen LogP contribution in [0, 0.1) is 11.3 Å². The Labute approximate surface area is 41.0 Å². The fraction of sp³-hybridized carbons (Fsp3) is 0. The summed E-state index contributed by atoms with van der Waals surface area (Å²) in [5.74, 6) is 0. The Morgan fingerprint density at radius 3 is 2.43 bits per heavy atom. The lowest BCUT2D eigenvalue weighted by Crippen LogP contribution is -1.85. The van der Waals surface area contributed by atoms with Gasteiger partial charge in [0.2, 0.25) is 6.29 Å². The van der Waals surface area contributed by atoms with Gasteiger partial charge in [0.05, 0.1) is 0 Å². The molecule has 0 heterocycles. The van der Waals surface area contributed by atoms with E-state index in [0.717, 1.165) is 6.20 Å². The zero-order valence-electron chi connectivity index (χ0n) is 3.51. The van der Waals surface area contributed by atoms with Gasteiger partial charge in [0, 0.05) is 6.20 Å². The van der Waals surface area contributed by atoms with Gasteiger partial charge in [-0.25, -0.2) is 0 Å². The minimum absolute atomic E-state index is 0.167. The highest BCUT2D eigenvalue weighted by Crippen LogP contribution is 1.76. The van der Waals surface area contributed by atoms with Gasteiger partial charge in [0.15, 0.2) is 0 Å². The van der Waals surface area contributed by atoms with Gasteiger partial charge in [-0.15, -0.1) is 0 Å². The first-order valence-electron chi connectivity index (χ1n) is 1.55. The number of hydrogen-bond donors (Lipinski definition) is 1. The van der Waals surface area contributed by atoms with Gasteiger partial charge < -0.3 is 5.73 Å². The highest BCUT2D eigenvalue weighted by Gasteiger charge is 1.85. The summed E-state index contributed by atoms with van der Waals surface area (Å²) < 4.78 is 0. The smallest absolute Gasteiger partial charge is 0.246 e. The Morgan fingerprint density at radius 2 is 2.43 bits per heavy atom. The lowest BCUT2D eigenvalue weighted by atomic mass is 10.4. The molecule has 0 atom stereocenters. The van der Waals surface area contributed by atoms with Crippen molar-refractivity contribution < 1.29 is 4.79 Å². The molecule has 0 bridgehead atoms. The van der Waals surface area contributed by atoms with Crippen LogP contribution in [0.3, 0.4) is 0 Å². The van der Waals surface area contributed by atoms with Gasteiger partial charge in [0.1, 0.15) is 11.6 Å². The van der Waals surface area contributed by atoms with Crippen LogP contribution in [0.1, 0.15) is 0 Å². The van der Waals surface area contributed by atoms with Crippen molar-refractivity contribution in [2.24, 2.45) is 5.73 Å². The first kappa shape index (κ1) is 5.70. The maximum atomic E-state index is 9.47. The molecule has 35 valence electrons. The Balaban J connectivity index is 3.94. The molecule has 0 aliphatic carbocycles. The third-order valence-electron chi connectivity index (χ3n) is 0.397. The predicted molar refractivity (Wildman–Crippen MR) is 23.6 cm³/mol. The molecule has 0 aliphatic heterocycles. The minimum atomic E-state index is -0.167. The molecular weight excluding hydrogens is 92.1 g/mol. The van der Waals surface area contributed by atoms with Crippen LogP contribution in [0.5, 0.6) is 0 Å². The van der Waals surface area contributed by atoms with Crippen molar-refractivity contribution in [1.82, 2.24) is 0 Å². The van der Waals surface area contributed by atoms with E-state index in [2.05, 4.69) is 0 Å². The largest absolute Gasteiger partial charge is 0.403 e. The van der Waals surface area contributed by atoms with E-state index in [0.29, 0.717) is 0 Å². The first-order valence-corrected chi connectivity index (χ1v) is 1.55. The monoisotopic (exact) mass is 95.0 g/mol. The van der Waals surface area contributed by atoms with E-state index in [1.54, 1.807) is 0 Å². The third-order valence-corrected chi connectivity index (χ3v) is 0.397. The van der Waals surface area contributed by atoms with Crippen molar-refractivity contribution in [2.75, 3.05) is 0 Å². The van der Waals surface area contributed by atoms with Crippen LogP contribution in [0.4, 0.5) is 0 Å². The normalized spacial score (nSPS) is 9.86. The molecule has 0 aromatic rings. The average Bonchev–Trinajstić information content (AvgIpc) is 1.72. The average molecular weight is 95.1 g/mol. The summed E-state index contributed by atoms with van der Waals surface area (Å²) in [7, 11) is 0. The van der Waals surface area contributed by atoms with Crippen LogP contribution >= 0.6 is 0 Å². The topological polar surface area (TPSA) is 66.9 Å². The predicted octanol–water partition coefficient (Wildman–Crippen LogP) is -0.538. The van der Waals surface area contributed by atoms with Crippen molar-refractivity contribution in [3.05, 3.63) is 11.8 Å². The Bertz CT molecular complexity index is 131. The molecule has 3 heteroatoms. The summed E-state index contributed by atoms with van der Waals surface area (Å²) >= 11 is 0. The molecule has 1 radical (unpaired) electrons. The van der Waals surface area contributed by atoms with E-state index in [-0.39, 0.29) is 5.57 Å². The van der Waals surface area contributed by atoms with E-state index in [9.17, 15) is 4.79 Å². The molecule has 0 spiro atoms. The van der Waals surface area contributed by atoms with Crippen LogP contribution in [-0.4, -0.2) is 6.29 Å². The minimum Gasteiger partial charge on any atom is -0.403 e. The van der Waals surface area contributed by atoms with Crippen molar-refractivity contribution in [3.8, 4) is 6.07 Å². The molecular formula is C4H3N2O. The number of nitrogens with zero attached hydrogens (tertiary/aromatic N) is 1. The van der Waals surface area contributed by atoms with Crippen LogP contribution in [0.2, 0.25) is 0 Å². The van der Waals surface area contributed by atoms with E-state index in [4.69, 9.17) is 11.0 Å². The van der Waals surface area contributed by atoms with Gasteiger partial charge in [-0.2, -0.15) is 5.26 Å². The number of allylic oxidation sites excluding steroid dienone is 1. The molecule has 0 saturated heterocycles. The second-order valence-electron chi connectivity index (χ2n) is 0.794. The Morgan fingerprint density at radius 1 is 1.86 bits per heavy atom. The molecule has 3 nitrogen and oxygen atoms in total. The molecule has 0 saturated carbocycles. The maximum absolute atomic E-state index is 9.47. The summed E-state index contributed by atoms with van der Waals surface area (Å²) in [5.41, 5.74) is 4.58. The van der Waals surface area contributed by atoms with Gasteiger partial charge in [-0.1, -0.05) is 0 Å². The summed E-state index contributed by atoms with van der Waals surface area (Å²) in [4.78, 5) is 9.47. The molecule has 7 heavy (non-hydrogen) atoms. The molecule has 0 unspecified atom stereocenters. The number of rotatable bonds is 1. The van der Waals surface area contributed by atoms with E-state index in [1.165, 1.54) is 12.4 Å². The molecule has 2 N–H and O–H groups in total. The number of nitrogens with two attached hydrogens (primary N) is 1. The number of hydrogen-bond acceptors (Lipinski definition) is 3. The zero-order chi connectivity index (χ0) is 5.70. The molecule has 0 aromatic carbocycles. The van der Waals surface area contributed by atoms with Crippen LogP contribution in [-0.2, 0) is 4.79 Å². The third kappa shape index (κ3) is 1.55. The lowest BCUT2D eigenvalue weighted by molar-refractivity contribution is 0.563. The molecule has 0 amide bonds. The molecule has 0 aromatic heterocycles. The van der Waals surface area contributed by atoms with E-state index >= 15 is 0 Å². The van der Waals surface area contributed by atoms with Crippen molar-refractivity contribution in [1.29, 1.82) is 5.26 Å². The van der Waals surface area contributed by atoms with Crippen LogP contribution < -0.4 is 5.73 Å². The quantitative estimate of drug-likeness (QED) is 0.351. The molecule has 0 rings (SSSR count). The van der Waals surface area contributed by atoms with Crippen LogP contribution in [0.25, 0.3) is 0 Å². The van der Waals surface area contributed by atoms with Crippen molar-refractivity contribution in [2.45, 2.75) is 0 Å². The van der Waals surface area contributed by atoms with Gasteiger partial charge in [0.25, 0.3) is 0 Å². The maximum Gasteiger partial charge on any atom is 0.246 e. The number of nitriles is 1. The first-order chi connectivity index (χ1) is 3.35. The summed E-state index contributed by atoms with van der Waals surface area (Å²) in [6.07, 6.45) is 2.24. The summed E-state index contributed by atoms with van der Waals surface area (Å²) in [6, 6.07) is 1.51. The lowest BCUT2D eigenvalue weighted by Gasteiger charge is -1.69. The second kappa shape index (κ2) is 2.91. The second-order valence-corrected chi connectivity index (χ2v) is 0.794. The highest BCUT2D eigenvalue weighted by atomic mass is 16.1. The number of carbonyl (C=O) groups excluding carboxylic acids is 1. The van der Waals surface area contributed by atoms with Gasteiger partial charge in [-0.05, 0) is 0 Å². The summed E-state index contributed by atoms with van der Waals surface area (Å²) in [6.45, 7) is 0. The zero-order valence-corrected chi connectivity index (χ0v) is 3.51. The van der Waals surface area contributed by atoms with Gasteiger partial charge in [-0.3, -0.25) is 4.79 Å². The van der Waals surface area contributed by atoms with E-state index < -0.39 is 0 Å². The van der Waals surface area contributed by atoms with E-state index in [1.807, 2.05) is 0 Å². The fourth-order valence-electron chi connectivity index (χ4n) is 0.0941. The Kier molecular flexibility index (Phi) is 2.37.